The van der Waals surface area contributed by atoms with Crippen molar-refractivity contribution >= 4 is 17.5 Å². The zero-order chi connectivity index (χ0) is 18.9. The molecule has 0 N–H and O–H groups in total. The van der Waals surface area contributed by atoms with Crippen LogP contribution in [0.3, 0.4) is 0 Å². The zero-order valence-corrected chi connectivity index (χ0v) is 16.2. The maximum absolute atomic E-state index is 12.3. The van der Waals surface area contributed by atoms with E-state index in [1.54, 1.807) is 0 Å². The minimum Gasteiger partial charge on any atom is -0.466 e. The second-order valence-corrected chi connectivity index (χ2v) is 7.33. The van der Waals surface area contributed by atoms with Gasteiger partial charge < -0.3 is 4.74 Å². The van der Waals surface area contributed by atoms with E-state index >= 15 is 0 Å². The van der Waals surface area contributed by atoms with Crippen LogP contribution in [0.4, 0.5) is 0 Å². The molecule has 1 aliphatic carbocycles. The summed E-state index contributed by atoms with van der Waals surface area (Å²) in [5.41, 5.74) is 0.683. The molecule has 0 amide bonds. The zero-order valence-electron chi connectivity index (χ0n) is 16.2. The first kappa shape index (κ1) is 21.3. The number of carbonyl (C=O) groups excluding carboxylic acids is 3. The molecule has 0 spiro atoms. The Morgan fingerprint density at radius 1 is 1.00 bits per heavy atom. The molecule has 0 unspecified atom stereocenters. The largest absolute Gasteiger partial charge is 0.466 e. The van der Waals surface area contributed by atoms with Gasteiger partial charge in [0.05, 0.1) is 6.61 Å². The number of esters is 1. The molecule has 0 atom stereocenters. The summed E-state index contributed by atoms with van der Waals surface area (Å²) in [6, 6.07) is 0. The maximum atomic E-state index is 12.3. The predicted molar refractivity (Wildman–Crippen MR) is 99.2 cm³/mol. The van der Waals surface area contributed by atoms with Gasteiger partial charge in [-0.2, -0.15) is 0 Å². The van der Waals surface area contributed by atoms with Gasteiger partial charge in [0.15, 0.2) is 11.6 Å². The highest BCUT2D eigenvalue weighted by Gasteiger charge is 2.31. The molecule has 0 aromatic heterocycles. The number of rotatable bonds is 11. The van der Waals surface area contributed by atoms with Crippen molar-refractivity contribution in [3.8, 4) is 0 Å². The van der Waals surface area contributed by atoms with Crippen molar-refractivity contribution in [3.63, 3.8) is 0 Å². The fraction of sp³-hybridized carbons (Fsp3) is 0.667. The lowest BCUT2D eigenvalue weighted by Gasteiger charge is -2.28. The molecule has 0 aromatic rings. The second-order valence-electron chi connectivity index (χ2n) is 7.33. The molecule has 4 heteroatoms. The third kappa shape index (κ3) is 6.97. The van der Waals surface area contributed by atoms with Crippen LogP contribution in [0, 0.1) is 5.41 Å². The van der Waals surface area contributed by atoms with Gasteiger partial charge in [-0.15, -0.1) is 0 Å². The Balaban J connectivity index is 2.42. The Bertz CT molecular complexity index is 552. The van der Waals surface area contributed by atoms with Gasteiger partial charge in [-0.1, -0.05) is 47.0 Å². The van der Waals surface area contributed by atoms with E-state index in [9.17, 15) is 14.4 Å². The fourth-order valence-electron chi connectivity index (χ4n) is 3.00. The molecule has 0 heterocycles. The summed E-state index contributed by atoms with van der Waals surface area (Å²) in [7, 11) is 0. The van der Waals surface area contributed by atoms with E-state index in [2.05, 4.69) is 6.92 Å². The molecule has 0 saturated carbocycles. The average molecular weight is 348 g/mol. The highest BCUT2D eigenvalue weighted by molar-refractivity contribution is 6.20. The van der Waals surface area contributed by atoms with Gasteiger partial charge >= 0.3 is 5.97 Å². The monoisotopic (exact) mass is 348 g/mol. The lowest BCUT2D eigenvalue weighted by molar-refractivity contribution is -0.144. The standard InChI is InChI=1S/C21H32O4/c1-5-7-8-9-13-25-20(24)11-10-12-21(3,4)17-15-18(22)16(6-2)14-19(17)23/h14-15H,5-13H2,1-4H3. The van der Waals surface area contributed by atoms with Gasteiger partial charge in [-0.3, -0.25) is 14.4 Å². The minimum atomic E-state index is -0.427. The predicted octanol–water partition coefficient (Wildman–Crippen LogP) is 4.72. The van der Waals surface area contributed by atoms with E-state index < -0.39 is 5.41 Å². The summed E-state index contributed by atoms with van der Waals surface area (Å²) in [5.74, 6) is -0.336. The Labute approximate surface area is 151 Å². The molecular formula is C21H32O4. The first-order valence-electron chi connectivity index (χ1n) is 9.48. The summed E-state index contributed by atoms with van der Waals surface area (Å²) < 4.78 is 5.23. The van der Waals surface area contributed by atoms with E-state index in [0.717, 1.165) is 19.3 Å². The normalized spacial score (nSPS) is 15.0. The molecule has 140 valence electrons. The van der Waals surface area contributed by atoms with Gasteiger partial charge in [-0.05, 0) is 43.3 Å². The Morgan fingerprint density at radius 3 is 2.36 bits per heavy atom. The number of carbonyl (C=O) groups is 3. The highest BCUT2D eigenvalue weighted by atomic mass is 16.5. The quantitative estimate of drug-likeness (QED) is 0.308. The second kappa shape index (κ2) is 10.3. The van der Waals surface area contributed by atoms with Crippen molar-refractivity contribution < 1.29 is 19.1 Å². The lowest BCUT2D eigenvalue weighted by atomic mass is 9.75. The minimum absolute atomic E-state index is 0.0725. The summed E-state index contributed by atoms with van der Waals surface area (Å²) >= 11 is 0. The van der Waals surface area contributed by atoms with Gasteiger partial charge in [0.1, 0.15) is 0 Å². The molecule has 0 saturated heterocycles. The first-order valence-corrected chi connectivity index (χ1v) is 9.48. The number of ketones is 2. The molecule has 4 nitrogen and oxygen atoms in total. The van der Waals surface area contributed by atoms with Crippen molar-refractivity contribution in [2.75, 3.05) is 6.61 Å². The average Bonchev–Trinajstić information content (AvgIpc) is 2.56. The number of ether oxygens (including phenoxy) is 1. The fourth-order valence-corrected chi connectivity index (χ4v) is 3.00. The number of hydrogen-bond donors (Lipinski definition) is 0. The van der Waals surface area contributed by atoms with Crippen molar-refractivity contribution in [2.45, 2.75) is 79.1 Å². The van der Waals surface area contributed by atoms with Crippen molar-refractivity contribution in [1.29, 1.82) is 0 Å². The number of hydrogen-bond acceptors (Lipinski definition) is 4. The third-order valence-corrected chi connectivity index (χ3v) is 4.72. The van der Waals surface area contributed by atoms with Gasteiger partial charge in [-0.25, -0.2) is 0 Å². The van der Waals surface area contributed by atoms with Crippen LogP contribution in [0.5, 0.6) is 0 Å². The number of allylic oxidation sites excluding steroid dienone is 4. The molecule has 1 aliphatic rings. The van der Waals surface area contributed by atoms with E-state index in [1.807, 2.05) is 20.8 Å². The first-order chi connectivity index (χ1) is 11.8. The molecule has 0 aromatic carbocycles. The van der Waals surface area contributed by atoms with Crippen LogP contribution in [0.15, 0.2) is 23.3 Å². The maximum Gasteiger partial charge on any atom is 0.305 e. The van der Waals surface area contributed by atoms with Gasteiger partial charge in [0, 0.05) is 17.6 Å². The van der Waals surface area contributed by atoms with Gasteiger partial charge in [0.2, 0.25) is 0 Å². The van der Waals surface area contributed by atoms with Gasteiger partial charge in [0.25, 0.3) is 0 Å². The van der Waals surface area contributed by atoms with Crippen LogP contribution in [-0.2, 0) is 19.1 Å². The summed E-state index contributed by atoms with van der Waals surface area (Å²) in [6.07, 6.45) is 9.51. The number of unbranched alkanes of at least 4 members (excludes halogenated alkanes) is 3. The topological polar surface area (TPSA) is 60.4 Å². The van der Waals surface area contributed by atoms with Crippen LogP contribution in [-0.4, -0.2) is 24.1 Å². The molecule has 0 fully saturated rings. The van der Waals surface area contributed by atoms with Crippen molar-refractivity contribution in [2.24, 2.45) is 5.41 Å². The molecule has 0 bridgehead atoms. The summed E-state index contributed by atoms with van der Waals surface area (Å²) in [5, 5.41) is 0. The smallest absolute Gasteiger partial charge is 0.305 e. The molecule has 25 heavy (non-hydrogen) atoms. The molecule has 1 rings (SSSR count). The molecule has 0 radical (unpaired) electrons. The van der Waals surface area contributed by atoms with Crippen LogP contribution >= 0.6 is 0 Å². The lowest BCUT2D eigenvalue weighted by Crippen LogP contribution is -2.25. The van der Waals surface area contributed by atoms with E-state index in [1.165, 1.54) is 18.6 Å². The van der Waals surface area contributed by atoms with E-state index in [-0.39, 0.29) is 17.5 Å². The Kier molecular flexibility index (Phi) is 8.81. The van der Waals surface area contributed by atoms with Crippen molar-refractivity contribution in [1.82, 2.24) is 0 Å². The summed E-state index contributed by atoms with van der Waals surface area (Å²) in [6.45, 7) is 8.40. The van der Waals surface area contributed by atoms with Crippen LogP contribution in [0.2, 0.25) is 0 Å². The Morgan fingerprint density at radius 2 is 1.72 bits per heavy atom. The van der Waals surface area contributed by atoms with Crippen molar-refractivity contribution in [3.05, 3.63) is 23.3 Å². The van der Waals surface area contributed by atoms with Crippen LogP contribution < -0.4 is 0 Å². The Hall–Kier alpha value is -1.71. The SMILES string of the molecule is CCCCCCOC(=O)CCCC(C)(C)C1=CC(=O)C(CC)=CC1=O. The van der Waals surface area contributed by atoms with E-state index in [0.29, 0.717) is 43.4 Å². The molecule has 0 aliphatic heterocycles. The molecular weight excluding hydrogens is 316 g/mol. The third-order valence-electron chi connectivity index (χ3n) is 4.72. The van der Waals surface area contributed by atoms with E-state index in [4.69, 9.17) is 4.74 Å². The van der Waals surface area contributed by atoms with Crippen LogP contribution in [0.1, 0.15) is 79.1 Å². The van der Waals surface area contributed by atoms with Crippen LogP contribution in [0.25, 0.3) is 0 Å². The highest BCUT2D eigenvalue weighted by Crippen LogP contribution is 2.35. The summed E-state index contributed by atoms with van der Waals surface area (Å²) in [4.78, 5) is 36.1.